The Labute approximate surface area is 299 Å². The van der Waals surface area contributed by atoms with E-state index >= 15 is 0 Å². The highest BCUT2D eigenvalue weighted by atomic mass is 32.2. The van der Waals surface area contributed by atoms with E-state index in [0.29, 0.717) is 16.7 Å². The molecule has 0 spiro atoms. The Morgan fingerprint density at radius 1 is 0.902 bits per heavy atom. The number of amides is 1. The van der Waals surface area contributed by atoms with Crippen LogP contribution in [-0.2, 0) is 46.8 Å². The van der Waals surface area contributed by atoms with Gasteiger partial charge in [-0.1, -0.05) is 98.8 Å². The molecule has 3 aromatic rings. The number of carbonyl (C=O) groups is 3. The second-order valence-corrected chi connectivity index (χ2v) is 17.9. The molecule has 0 aliphatic heterocycles. The predicted octanol–water partition coefficient (Wildman–Crippen LogP) is 5.11. The lowest BCUT2D eigenvalue weighted by atomic mass is 9.95. The summed E-state index contributed by atoms with van der Waals surface area (Å²) >= 11 is 0. The summed E-state index contributed by atoms with van der Waals surface area (Å²) in [6, 6.07) is 22.3. The SMILES string of the molecule is CC(C)C(NS(=O)(=O)CC(C(=O)OCc1ccccc1)C(N)c1ccccc1)P(=O)(O)CC(C(=O)O)c1cccc(CNC(=O)OC(C)(C)C)c1. The fourth-order valence-electron chi connectivity index (χ4n) is 5.32. The van der Waals surface area contributed by atoms with Gasteiger partial charge in [0.25, 0.3) is 0 Å². The number of nitrogens with two attached hydrogens (primary N) is 1. The summed E-state index contributed by atoms with van der Waals surface area (Å²) in [6.45, 7) is 8.05. The molecule has 3 rings (SSSR count). The Morgan fingerprint density at radius 2 is 1.47 bits per heavy atom. The number of hydrogen-bond donors (Lipinski definition) is 5. The minimum absolute atomic E-state index is 0.000362. The van der Waals surface area contributed by atoms with Crippen molar-refractivity contribution in [1.29, 1.82) is 0 Å². The number of benzene rings is 3. The third kappa shape index (κ3) is 13.2. The largest absolute Gasteiger partial charge is 0.481 e. The molecule has 0 radical (unpaired) electrons. The van der Waals surface area contributed by atoms with Gasteiger partial charge in [-0.15, -0.1) is 0 Å². The molecule has 278 valence electrons. The van der Waals surface area contributed by atoms with E-state index in [1.165, 1.54) is 26.0 Å². The van der Waals surface area contributed by atoms with E-state index in [0.717, 1.165) is 0 Å². The molecule has 0 saturated carbocycles. The zero-order chi connectivity index (χ0) is 38.0. The topological polar surface area (TPSA) is 211 Å². The predicted molar refractivity (Wildman–Crippen MR) is 193 cm³/mol. The number of carboxylic acid groups (broad SMARTS) is 1. The maximum absolute atomic E-state index is 14.0. The first-order valence-electron chi connectivity index (χ1n) is 16.4. The lowest BCUT2D eigenvalue weighted by Crippen LogP contribution is -2.44. The van der Waals surface area contributed by atoms with Crippen LogP contribution in [0.25, 0.3) is 0 Å². The summed E-state index contributed by atoms with van der Waals surface area (Å²) in [7, 11) is -9.12. The van der Waals surface area contributed by atoms with Crippen molar-refractivity contribution in [3.05, 3.63) is 107 Å². The third-order valence-corrected chi connectivity index (χ3v) is 11.9. The number of carboxylic acids is 1. The first-order valence-corrected chi connectivity index (χ1v) is 20.0. The van der Waals surface area contributed by atoms with E-state index in [2.05, 4.69) is 10.0 Å². The van der Waals surface area contributed by atoms with Crippen LogP contribution >= 0.6 is 7.37 Å². The first kappa shape index (κ1) is 41.4. The van der Waals surface area contributed by atoms with Crippen LogP contribution in [0.1, 0.15) is 68.8 Å². The summed E-state index contributed by atoms with van der Waals surface area (Å²) in [6.07, 6.45) is -1.48. The molecule has 15 heteroatoms. The second-order valence-electron chi connectivity index (χ2n) is 13.7. The first-order chi connectivity index (χ1) is 23.8. The molecule has 1 amide bonds. The summed E-state index contributed by atoms with van der Waals surface area (Å²) in [5, 5.41) is 12.7. The minimum atomic E-state index is -4.61. The number of esters is 1. The van der Waals surface area contributed by atoms with Gasteiger partial charge in [-0.05, 0) is 48.9 Å². The van der Waals surface area contributed by atoms with Crippen molar-refractivity contribution in [2.45, 2.75) is 71.1 Å². The zero-order valence-corrected chi connectivity index (χ0v) is 31.1. The van der Waals surface area contributed by atoms with Gasteiger partial charge in [-0.25, -0.2) is 17.9 Å². The van der Waals surface area contributed by atoms with Gasteiger partial charge in [0.15, 0.2) is 0 Å². The maximum atomic E-state index is 14.0. The zero-order valence-electron chi connectivity index (χ0n) is 29.4. The Morgan fingerprint density at radius 3 is 2.04 bits per heavy atom. The van der Waals surface area contributed by atoms with Crippen LogP contribution in [0.5, 0.6) is 0 Å². The molecule has 6 N–H and O–H groups in total. The highest BCUT2D eigenvalue weighted by Gasteiger charge is 2.42. The number of ether oxygens (including phenoxy) is 2. The smallest absolute Gasteiger partial charge is 0.407 e. The quantitative estimate of drug-likeness (QED) is 0.0905. The molecular formula is C36H48N3O10PS. The average molecular weight is 746 g/mol. The van der Waals surface area contributed by atoms with E-state index in [-0.39, 0.29) is 18.7 Å². The molecule has 0 bridgehead atoms. The summed E-state index contributed by atoms with van der Waals surface area (Å²) in [5.74, 6) is -8.41. The number of hydrogen-bond acceptors (Lipinski definition) is 9. The van der Waals surface area contributed by atoms with Crippen molar-refractivity contribution < 1.29 is 46.8 Å². The summed E-state index contributed by atoms with van der Waals surface area (Å²) < 4.78 is 54.4. The molecular weight excluding hydrogens is 697 g/mol. The van der Waals surface area contributed by atoms with Crippen LogP contribution in [0.15, 0.2) is 84.9 Å². The normalized spacial score (nSPS) is 15.5. The van der Waals surface area contributed by atoms with Crippen LogP contribution in [0.3, 0.4) is 0 Å². The number of nitrogens with one attached hydrogen (secondary N) is 2. The van der Waals surface area contributed by atoms with Gasteiger partial charge in [0.05, 0.1) is 17.6 Å². The molecule has 0 aliphatic carbocycles. The van der Waals surface area contributed by atoms with Crippen LogP contribution in [0, 0.1) is 11.8 Å². The van der Waals surface area contributed by atoms with Gasteiger partial charge in [0, 0.05) is 18.7 Å². The van der Waals surface area contributed by atoms with Crippen molar-refractivity contribution in [2.24, 2.45) is 17.6 Å². The lowest BCUT2D eigenvalue weighted by Gasteiger charge is -2.30. The van der Waals surface area contributed by atoms with Crippen LogP contribution in [-0.4, -0.2) is 59.7 Å². The van der Waals surface area contributed by atoms with Gasteiger partial charge in [-0.3, -0.25) is 14.2 Å². The van der Waals surface area contributed by atoms with Crippen molar-refractivity contribution in [1.82, 2.24) is 10.0 Å². The van der Waals surface area contributed by atoms with Crippen LogP contribution in [0.2, 0.25) is 0 Å². The summed E-state index contributed by atoms with van der Waals surface area (Å²) in [4.78, 5) is 49.3. The molecule has 3 aromatic carbocycles. The van der Waals surface area contributed by atoms with Gasteiger partial charge < -0.3 is 30.5 Å². The fourth-order valence-corrected chi connectivity index (χ4v) is 10.1. The van der Waals surface area contributed by atoms with Crippen molar-refractivity contribution >= 4 is 35.4 Å². The van der Waals surface area contributed by atoms with E-state index in [1.54, 1.807) is 93.6 Å². The molecule has 0 saturated heterocycles. The van der Waals surface area contributed by atoms with Crippen molar-refractivity contribution in [3.63, 3.8) is 0 Å². The van der Waals surface area contributed by atoms with Crippen molar-refractivity contribution in [3.8, 4) is 0 Å². The number of carbonyl (C=O) groups excluding carboxylic acids is 2. The maximum Gasteiger partial charge on any atom is 0.407 e. The lowest BCUT2D eigenvalue weighted by molar-refractivity contribution is -0.150. The van der Waals surface area contributed by atoms with Crippen molar-refractivity contribution in [2.75, 3.05) is 11.9 Å². The van der Waals surface area contributed by atoms with Crippen LogP contribution < -0.4 is 15.8 Å². The molecule has 0 heterocycles. The summed E-state index contributed by atoms with van der Waals surface area (Å²) in [5.41, 5.74) is 7.57. The fraction of sp³-hybridized carbons (Fsp3) is 0.417. The molecule has 5 unspecified atom stereocenters. The Balaban J connectivity index is 1.83. The van der Waals surface area contributed by atoms with E-state index in [1.807, 2.05) is 0 Å². The van der Waals surface area contributed by atoms with E-state index < -0.39 is 82.5 Å². The van der Waals surface area contributed by atoms with Crippen LogP contribution in [0.4, 0.5) is 4.79 Å². The molecule has 51 heavy (non-hydrogen) atoms. The Kier molecular flexibility index (Phi) is 14.5. The van der Waals surface area contributed by atoms with E-state index in [4.69, 9.17) is 15.2 Å². The highest BCUT2D eigenvalue weighted by molar-refractivity contribution is 7.89. The minimum Gasteiger partial charge on any atom is -0.481 e. The Hall–Kier alpha value is -4.07. The highest BCUT2D eigenvalue weighted by Crippen LogP contribution is 2.51. The molecule has 13 nitrogen and oxygen atoms in total. The molecule has 0 aliphatic rings. The van der Waals surface area contributed by atoms with Gasteiger partial charge in [-0.2, -0.15) is 0 Å². The van der Waals surface area contributed by atoms with Gasteiger partial charge >= 0.3 is 18.0 Å². The molecule has 0 fully saturated rings. The van der Waals surface area contributed by atoms with Gasteiger partial charge in [0.2, 0.25) is 17.4 Å². The molecule has 0 aromatic heterocycles. The second kappa shape index (κ2) is 17.9. The molecule has 5 atom stereocenters. The number of alkyl carbamates (subject to hydrolysis) is 1. The number of sulfonamides is 1. The Bertz CT molecular complexity index is 1780. The van der Waals surface area contributed by atoms with E-state index in [9.17, 15) is 37.4 Å². The number of rotatable bonds is 17. The monoisotopic (exact) mass is 745 g/mol. The third-order valence-electron chi connectivity index (χ3n) is 7.84. The van der Waals surface area contributed by atoms with Gasteiger partial charge in [0.1, 0.15) is 18.0 Å². The number of aliphatic carboxylic acids is 1. The average Bonchev–Trinajstić information content (AvgIpc) is 3.06. The standard InChI is InChI=1S/C36H48N3O10PS/c1-24(2)32(50(44,45)22-29(33(40)41)28-18-12-15-26(19-28)20-38-35(43)49-36(3,4)5)39-51(46,47)23-30(31(37)27-16-10-7-11-17-27)34(42)48-21-25-13-8-6-9-14-25/h6-19,24,29-32,39H,20-23,37H2,1-5H3,(H,38,43)(H,40,41)(H,44,45).